The van der Waals surface area contributed by atoms with E-state index >= 15 is 0 Å². The van der Waals surface area contributed by atoms with Crippen LogP contribution in [0.2, 0.25) is 10.0 Å². The van der Waals surface area contributed by atoms with Crippen molar-refractivity contribution in [2.45, 2.75) is 23.6 Å². The standard InChI is InChI=1S/C14H12Cl2S/c1-9-3-5-11(6-4-9)17-12-7-13(15)10(2)14(16)8-12/h3-8H,1-2H3. The van der Waals surface area contributed by atoms with E-state index in [1.54, 1.807) is 11.8 Å². The Morgan fingerprint density at radius 2 is 1.35 bits per heavy atom. The van der Waals surface area contributed by atoms with Crippen molar-refractivity contribution in [2.75, 3.05) is 0 Å². The first-order chi connectivity index (χ1) is 8.06. The van der Waals surface area contributed by atoms with Crippen LogP contribution in [-0.4, -0.2) is 0 Å². The van der Waals surface area contributed by atoms with Crippen molar-refractivity contribution >= 4 is 35.0 Å². The average molecular weight is 283 g/mol. The van der Waals surface area contributed by atoms with E-state index in [2.05, 4.69) is 31.2 Å². The summed E-state index contributed by atoms with van der Waals surface area (Å²) in [4.78, 5) is 2.25. The number of rotatable bonds is 2. The highest BCUT2D eigenvalue weighted by molar-refractivity contribution is 7.99. The quantitative estimate of drug-likeness (QED) is 0.675. The van der Waals surface area contributed by atoms with Gasteiger partial charge in [0.2, 0.25) is 0 Å². The zero-order chi connectivity index (χ0) is 12.4. The minimum absolute atomic E-state index is 0.715. The van der Waals surface area contributed by atoms with Gasteiger partial charge in [0.05, 0.1) is 0 Å². The smallest absolute Gasteiger partial charge is 0.0461 e. The lowest BCUT2D eigenvalue weighted by molar-refractivity contribution is 1.34. The van der Waals surface area contributed by atoms with Crippen LogP contribution in [0, 0.1) is 13.8 Å². The first kappa shape index (κ1) is 12.8. The van der Waals surface area contributed by atoms with Crippen LogP contribution < -0.4 is 0 Å². The Labute approximate surface area is 116 Å². The van der Waals surface area contributed by atoms with E-state index < -0.39 is 0 Å². The molecule has 0 heterocycles. The van der Waals surface area contributed by atoms with E-state index in [4.69, 9.17) is 23.2 Å². The number of aryl methyl sites for hydroxylation is 1. The first-order valence-electron chi connectivity index (χ1n) is 5.26. The molecule has 17 heavy (non-hydrogen) atoms. The van der Waals surface area contributed by atoms with E-state index in [0.717, 1.165) is 10.5 Å². The second kappa shape index (κ2) is 5.34. The third-order valence-corrected chi connectivity index (χ3v) is 4.28. The third kappa shape index (κ3) is 3.19. The maximum absolute atomic E-state index is 6.11. The van der Waals surface area contributed by atoms with Crippen molar-refractivity contribution in [2.24, 2.45) is 0 Å². The van der Waals surface area contributed by atoms with Crippen molar-refractivity contribution in [1.82, 2.24) is 0 Å². The van der Waals surface area contributed by atoms with Crippen molar-refractivity contribution in [1.29, 1.82) is 0 Å². The molecule has 0 unspecified atom stereocenters. The van der Waals surface area contributed by atoms with Crippen LogP contribution in [-0.2, 0) is 0 Å². The van der Waals surface area contributed by atoms with Gasteiger partial charge in [0.25, 0.3) is 0 Å². The summed E-state index contributed by atoms with van der Waals surface area (Å²) in [6.07, 6.45) is 0. The van der Waals surface area contributed by atoms with Gasteiger partial charge in [0, 0.05) is 19.8 Å². The van der Waals surface area contributed by atoms with Gasteiger partial charge in [0.15, 0.2) is 0 Å². The molecule has 0 N–H and O–H groups in total. The fourth-order valence-electron chi connectivity index (χ4n) is 1.42. The number of hydrogen-bond donors (Lipinski definition) is 0. The number of halogens is 2. The highest BCUT2D eigenvalue weighted by Gasteiger charge is 2.05. The summed E-state index contributed by atoms with van der Waals surface area (Å²) in [6, 6.07) is 12.3. The lowest BCUT2D eigenvalue weighted by Gasteiger charge is -2.06. The van der Waals surface area contributed by atoms with Gasteiger partial charge in [-0.25, -0.2) is 0 Å². The Bertz CT molecular complexity index is 509. The molecule has 0 aromatic heterocycles. The van der Waals surface area contributed by atoms with Crippen LogP contribution in [0.1, 0.15) is 11.1 Å². The molecule has 0 bridgehead atoms. The molecule has 2 aromatic rings. The number of benzene rings is 2. The molecule has 0 amide bonds. The Morgan fingerprint density at radius 1 is 0.824 bits per heavy atom. The third-order valence-electron chi connectivity index (χ3n) is 2.51. The molecule has 0 atom stereocenters. The lowest BCUT2D eigenvalue weighted by Crippen LogP contribution is -1.81. The van der Waals surface area contributed by atoms with Gasteiger partial charge < -0.3 is 0 Å². The maximum Gasteiger partial charge on any atom is 0.0461 e. The van der Waals surface area contributed by atoms with Crippen LogP contribution in [0.3, 0.4) is 0 Å². The summed E-state index contributed by atoms with van der Waals surface area (Å²) in [5, 5.41) is 1.43. The summed E-state index contributed by atoms with van der Waals surface area (Å²) in [7, 11) is 0. The Balaban J connectivity index is 2.27. The van der Waals surface area contributed by atoms with Crippen LogP contribution in [0.5, 0.6) is 0 Å². The highest BCUT2D eigenvalue weighted by atomic mass is 35.5. The first-order valence-corrected chi connectivity index (χ1v) is 6.83. The molecule has 88 valence electrons. The van der Waals surface area contributed by atoms with Gasteiger partial charge in [-0.3, -0.25) is 0 Å². The molecule has 0 aliphatic carbocycles. The predicted octanol–water partition coefficient (Wildman–Crippen LogP) is 5.76. The molecule has 3 heteroatoms. The molecule has 0 aliphatic rings. The van der Waals surface area contributed by atoms with Crippen molar-refractivity contribution in [3.05, 3.63) is 57.6 Å². The molecule has 0 saturated heterocycles. The number of hydrogen-bond acceptors (Lipinski definition) is 1. The summed E-state index contributed by atoms with van der Waals surface area (Å²) in [6.45, 7) is 4.00. The van der Waals surface area contributed by atoms with Crippen LogP contribution >= 0.6 is 35.0 Å². The zero-order valence-corrected chi connectivity index (χ0v) is 12.0. The fourth-order valence-corrected chi connectivity index (χ4v) is 2.94. The lowest BCUT2D eigenvalue weighted by atomic mass is 10.2. The minimum atomic E-state index is 0.715. The van der Waals surface area contributed by atoms with E-state index in [1.807, 2.05) is 19.1 Å². The largest absolute Gasteiger partial charge is 0.0900 e. The van der Waals surface area contributed by atoms with Gasteiger partial charge >= 0.3 is 0 Å². The summed E-state index contributed by atoms with van der Waals surface area (Å²) in [5.74, 6) is 0. The van der Waals surface area contributed by atoms with Crippen molar-refractivity contribution in [3.8, 4) is 0 Å². The van der Waals surface area contributed by atoms with Gasteiger partial charge in [-0.05, 0) is 43.7 Å². The normalized spacial score (nSPS) is 10.6. The molecule has 0 saturated carbocycles. The van der Waals surface area contributed by atoms with Crippen LogP contribution in [0.15, 0.2) is 46.2 Å². The molecule has 2 aromatic carbocycles. The summed E-state index contributed by atoms with van der Waals surface area (Å²) < 4.78 is 0. The molecule has 0 nitrogen and oxygen atoms in total. The SMILES string of the molecule is Cc1ccc(Sc2cc(Cl)c(C)c(Cl)c2)cc1. The van der Waals surface area contributed by atoms with E-state index in [-0.39, 0.29) is 0 Å². The Kier molecular flexibility index (Phi) is 4.03. The molecule has 0 fully saturated rings. The van der Waals surface area contributed by atoms with Gasteiger partial charge in [-0.1, -0.05) is 52.7 Å². The average Bonchev–Trinajstić information content (AvgIpc) is 2.29. The molecule has 0 radical (unpaired) electrons. The highest BCUT2D eigenvalue weighted by Crippen LogP contribution is 2.34. The predicted molar refractivity (Wildman–Crippen MR) is 76.5 cm³/mol. The van der Waals surface area contributed by atoms with Crippen molar-refractivity contribution in [3.63, 3.8) is 0 Å². The summed E-state index contributed by atoms with van der Waals surface area (Å²) in [5.41, 5.74) is 2.19. The minimum Gasteiger partial charge on any atom is -0.0900 e. The van der Waals surface area contributed by atoms with Crippen molar-refractivity contribution < 1.29 is 0 Å². The molecular formula is C14H12Cl2S. The Hall–Kier alpha value is -0.630. The van der Waals surface area contributed by atoms with Gasteiger partial charge in [-0.2, -0.15) is 0 Å². The second-order valence-corrected chi connectivity index (χ2v) is 5.89. The topological polar surface area (TPSA) is 0 Å². The van der Waals surface area contributed by atoms with E-state index in [0.29, 0.717) is 10.0 Å². The fraction of sp³-hybridized carbons (Fsp3) is 0.143. The molecule has 0 spiro atoms. The molecule has 2 rings (SSSR count). The van der Waals surface area contributed by atoms with Crippen LogP contribution in [0.4, 0.5) is 0 Å². The van der Waals surface area contributed by atoms with Gasteiger partial charge in [0.1, 0.15) is 0 Å². The maximum atomic E-state index is 6.11. The molecule has 0 aliphatic heterocycles. The van der Waals surface area contributed by atoms with E-state index in [1.165, 1.54) is 10.5 Å². The second-order valence-electron chi connectivity index (χ2n) is 3.93. The van der Waals surface area contributed by atoms with Gasteiger partial charge in [-0.15, -0.1) is 0 Å². The monoisotopic (exact) mass is 282 g/mol. The zero-order valence-electron chi connectivity index (χ0n) is 9.63. The van der Waals surface area contributed by atoms with Crippen LogP contribution in [0.25, 0.3) is 0 Å². The summed E-state index contributed by atoms with van der Waals surface area (Å²) >= 11 is 13.9. The van der Waals surface area contributed by atoms with E-state index in [9.17, 15) is 0 Å². The Morgan fingerprint density at radius 3 is 1.88 bits per heavy atom. The molecular weight excluding hydrogens is 271 g/mol.